The number of benzene rings is 4. The molecule has 2 aliphatic carbocycles. The molecule has 4 aromatic rings. The maximum Gasteiger partial charge on any atom is 0.202 e. The van der Waals surface area contributed by atoms with Gasteiger partial charge < -0.3 is 40.0 Å². The summed E-state index contributed by atoms with van der Waals surface area (Å²) in [7, 11) is 1.35. The molecule has 5 N–H and O–H groups in total. The number of hydrogen-bond donors (Lipinski definition) is 5. The van der Waals surface area contributed by atoms with Crippen molar-refractivity contribution in [1.29, 1.82) is 0 Å². The number of aromatic hydroxyl groups is 2. The molecule has 4 aromatic carbocycles. The fourth-order valence-corrected chi connectivity index (χ4v) is 7.90. The first kappa shape index (κ1) is 35.5. The van der Waals surface area contributed by atoms with Crippen LogP contribution >= 0.6 is 0 Å². The molecule has 1 heterocycles. The molecule has 11 nitrogen and oxygen atoms in total. The summed E-state index contributed by atoms with van der Waals surface area (Å²) >= 11 is 0. The number of rotatable bonds is 9. The summed E-state index contributed by atoms with van der Waals surface area (Å²) < 4.78 is 17.9. The van der Waals surface area contributed by atoms with Crippen molar-refractivity contribution in [3.05, 3.63) is 123 Å². The lowest BCUT2D eigenvalue weighted by molar-refractivity contribution is -0.249. The predicted molar refractivity (Wildman–Crippen MR) is 189 cm³/mol. The first-order chi connectivity index (χ1) is 24.9. The molecule has 52 heavy (non-hydrogen) atoms. The molecule has 11 heteroatoms. The van der Waals surface area contributed by atoms with Gasteiger partial charge in [-0.2, -0.15) is 0 Å². The van der Waals surface area contributed by atoms with Crippen molar-refractivity contribution in [2.24, 2.45) is 0 Å². The van der Waals surface area contributed by atoms with E-state index in [9.17, 15) is 34.8 Å². The van der Waals surface area contributed by atoms with Crippen molar-refractivity contribution >= 4 is 17.3 Å². The number of aliphatic hydroxyl groups excluding tert-OH is 1. The van der Waals surface area contributed by atoms with Gasteiger partial charge in [-0.15, -0.1) is 0 Å². The van der Waals surface area contributed by atoms with Gasteiger partial charge in [0, 0.05) is 54.5 Å². The maximum absolute atomic E-state index is 14.0. The van der Waals surface area contributed by atoms with Crippen LogP contribution in [0, 0.1) is 0 Å². The molecule has 1 fully saturated rings. The normalized spacial score (nSPS) is 25.3. The molecule has 0 radical (unpaired) electrons. The molecule has 0 bridgehead atoms. The van der Waals surface area contributed by atoms with Crippen molar-refractivity contribution in [3.63, 3.8) is 0 Å². The van der Waals surface area contributed by atoms with Crippen LogP contribution in [0.2, 0.25) is 0 Å². The van der Waals surface area contributed by atoms with E-state index in [1.165, 1.54) is 32.2 Å². The Hall–Kier alpha value is -4.91. The lowest BCUT2D eigenvalue weighted by atomic mass is 9.72. The van der Waals surface area contributed by atoms with Crippen LogP contribution in [0.4, 0.5) is 0 Å². The summed E-state index contributed by atoms with van der Waals surface area (Å²) in [6.07, 6.45) is -4.50. The number of aliphatic hydroxyl groups is 2. The maximum atomic E-state index is 14.0. The molecule has 1 aliphatic heterocycles. The number of ketones is 3. The van der Waals surface area contributed by atoms with E-state index in [1.807, 2.05) is 36.4 Å². The van der Waals surface area contributed by atoms with E-state index in [1.54, 1.807) is 6.92 Å². The predicted octanol–water partition coefficient (Wildman–Crippen LogP) is 4.49. The fourth-order valence-electron chi connectivity index (χ4n) is 7.90. The zero-order valence-corrected chi connectivity index (χ0v) is 29.0. The molecular formula is C41H41NO10. The lowest BCUT2D eigenvalue weighted by Crippen LogP contribution is -2.55. The zero-order chi connectivity index (χ0) is 36.9. The van der Waals surface area contributed by atoms with Gasteiger partial charge in [0.15, 0.2) is 17.9 Å². The first-order valence-electron chi connectivity index (χ1n) is 17.4. The van der Waals surface area contributed by atoms with E-state index in [0.717, 1.165) is 11.1 Å². The Bertz CT molecular complexity index is 1990. The Balaban J connectivity index is 1.22. The molecule has 3 aliphatic rings. The summed E-state index contributed by atoms with van der Waals surface area (Å²) in [4.78, 5) is 40.6. The second kappa shape index (κ2) is 13.9. The fraction of sp³-hybridized carbons (Fsp3) is 0.341. The van der Waals surface area contributed by atoms with Gasteiger partial charge in [0.05, 0.1) is 42.1 Å². The first-order valence-corrected chi connectivity index (χ1v) is 17.4. The van der Waals surface area contributed by atoms with E-state index >= 15 is 0 Å². The van der Waals surface area contributed by atoms with Crippen LogP contribution in [-0.4, -0.2) is 81.6 Å². The molecule has 0 saturated carbocycles. The highest BCUT2D eigenvalue weighted by Gasteiger charge is 2.49. The summed E-state index contributed by atoms with van der Waals surface area (Å²) in [6, 6.07) is 24.0. The third-order valence-corrected chi connectivity index (χ3v) is 10.7. The van der Waals surface area contributed by atoms with Crippen LogP contribution in [0.1, 0.15) is 92.8 Å². The number of nitrogens with one attached hydrogen (secondary N) is 1. The smallest absolute Gasteiger partial charge is 0.202 e. The van der Waals surface area contributed by atoms with Crippen LogP contribution in [0.3, 0.4) is 0 Å². The van der Waals surface area contributed by atoms with Crippen LogP contribution in [-0.2, 0) is 20.7 Å². The minimum atomic E-state index is -2.03. The van der Waals surface area contributed by atoms with Crippen LogP contribution < -0.4 is 10.1 Å². The molecule has 270 valence electrons. The Morgan fingerprint density at radius 3 is 2.17 bits per heavy atom. The molecule has 6 atom stereocenters. The Kier molecular flexibility index (Phi) is 9.49. The van der Waals surface area contributed by atoms with Crippen LogP contribution in [0.5, 0.6) is 17.2 Å². The molecular weight excluding hydrogens is 666 g/mol. The van der Waals surface area contributed by atoms with Gasteiger partial charge in [-0.1, -0.05) is 72.8 Å². The molecule has 1 saturated heterocycles. The number of phenolic OH excluding ortho intramolecular Hbond substituents is 2. The van der Waals surface area contributed by atoms with Crippen molar-refractivity contribution in [1.82, 2.24) is 5.32 Å². The SMILES string of the molecule is COc1cccc2c1C(=O)c1c(O)c3c(c(O)c1C2=O)CC(O)(C(C)=O)CC3OC1CC(NCC(c2ccccc2)c2ccccc2)C(O)C(C)O1. The summed E-state index contributed by atoms with van der Waals surface area (Å²) in [5.74, 6) is -3.18. The number of Topliss-reactive ketones (excluding diaryl/α,β-unsaturated/α-hetero) is 1. The molecule has 7 rings (SSSR count). The topological polar surface area (TPSA) is 172 Å². The lowest BCUT2D eigenvalue weighted by Gasteiger charge is -2.43. The number of carbonyl (C=O) groups excluding carboxylic acids is 3. The number of fused-ring (bicyclic) bond motifs is 3. The number of ether oxygens (including phenoxy) is 3. The highest BCUT2D eigenvalue weighted by atomic mass is 16.7. The quantitative estimate of drug-likeness (QED) is 0.137. The zero-order valence-electron chi connectivity index (χ0n) is 29.0. The van der Waals surface area contributed by atoms with Crippen LogP contribution in [0.15, 0.2) is 78.9 Å². The second-order valence-corrected chi connectivity index (χ2v) is 13.9. The minimum Gasteiger partial charge on any atom is -0.507 e. The van der Waals surface area contributed by atoms with Crippen molar-refractivity contribution in [3.8, 4) is 17.2 Å². The average molecular weight is 708 g/mol. The molecule has 0 aromatic heterocycles. The highest BCUT2D eigenvalue weighted by molar-refractivity contribution is 6.31. The summed E-state index contributed by atoms with van der Waals surface area (Å²) in [6.45, 7) is 3.39. The van der Waals surface area contributed by atoms with Gasteiger partial charge in [-0.25, -0.2) is 0 Å². The van der Waals surface area contributed by atoms with Gasteiger partial charge >= 0.3 is 0 Å². The second-order valence-electron chi connectivity index (χ2n) is 13.9. The van der Waals surface area contributed by atoms with Gasteiger partial charge in [-0.05, 0) is 31.0 Å². The largest absolute Gasteiger partial charge is 0.507 e. The van der Waals surface area contributed by atoms with Crippen LogP contribution in [0.25, 0.3) is 0 Å². The third-order valence-electron chi connectivity index (χ3n) is 10.7. The third kappa shape index (κ3) is 6.08. The van der Waals surface area contributed by atoms with Gasteiger partial charge in [0.2, 0.25) is 5.78 Å². The van der Waals surface area contributed by atoms with E-state index in [-0.39, 0.29) is 46.8 Å². The van der Waals surface area contributed by atoms with Crippen molar-refractivity contribution in [2.45, 2.75) is 75.3 Å². The Labute approximate surface area is 300 Å². The van der Waals surface area contributed by atoms with E-state index < -0.39 is 82.6 Å². The summed E-state index contributed by atoms with van der Waals surface area (Å²) in [5, 5.41) is 49.8. The monoisotopic (exact) mass is 707 g/mol. The van der Waals surface area contributed by atoms with Gasteiger partial charge in [0.1, 0.15) is 22.8 Å². The number of phenols is 2. The molecule has 6 unspecified atom stereocenters. The summed E-state index contributed by atoms with van der Waals surface area (Å²) in [5.41, 5.74) is -0.852. The minimum absolute atomic E-state index is 0.0135. The highest BCUT2D eigenvalue weighted by Crippen LogP contribution is 2.52. The van der Waals surface area contributed by atoms with E-state index in [4.69, 9.17) is 14.2 Å². The Morgan fingerprint density at radius 2 is 1.56 bits per heavy atom. The van der Waals surface area contributed by atoms with Gasteiger partial charge in [-0.3, -0.25) is 14.4 Å². The average Bonchev–Trinajstić information content (AvgIpc) is 3.14. The number of carbonyl (C=O) groups is 3. The molecule has 0 amide bonds. The van der Waals surface area contributed by atoms with Crippen molar-refractivity contribution < 1.29 is 49.0 Å². The van der Waals surface area contributed by atoms with E-state index in [0.29, 0.717) is 6.54 Å². The standard InChI is InChI=1S/C41H41NO10/c1-21-36(44)28(42-20-27(23-11-6-4-7-12-23)24-13-8-5-9-14-24)17-31(51-21)52-30-19-41(49,22(2)43)18-26-33(30)40(48)35-34(38(26)46)37(45)25-15-10-16-29(50-3)32(25)39(35)47/h4-16,21,27-28,30-31,36,42,44,46,48-49H,17-20H2,1-3H3. The molecule has 0 spiro atoms. The van der Waals surface area contributed by atoms with E-state index in [2.05, 4.69) is 29.6 Å². The van der Waals surface area contributed by atoms with Crippen molar-refractivity contribution in [2.75, 3.05) is 13.7 Å². The number of methoxy groups -OCH3 is 1. The van der Waals surface area contributed by atoms with Gasteiger partial charge in [0.25, 0.3) is 0 Å². The number of hydrogen-bond acceptors (Lipinski definition) is 11. The Morgan fingerprint density at radius 1 is 0.923 bits per heavy atom.